The van der Waals surface area contributed by atoms with E-state index in [4.69, 9.17) is 0 Å². The molecule has 7 heteroatoms. The summed E-state index contributed by atoms with van der Waals surface area (Å²) in [7, 11) is 0. The Hall–Kier alpha value is -2.90. The third kappa shape index (κ3) is 5.42. The predicted octanol–water partition coefficient (Wildman–Crippen LogP) is 5.03. The van der Waals surface area contributed by atoms with Crippen molar-refractivity contribution in [1.82, 2.24) is 20.1 Å². The third-order valence-electron chi connectivity index (χ3n) is 4.87. The molecule has 31 heavy (non-hydrogen) atoms. The normalized spacial score (nSPS) is 11.9. The van der Waals surface area contributed by atoms with E-state index in [1.54, 1.807) is 11.3 Å². The molecule has 2 aromatic heterocycles. The minimum atomic E-state index is -0.299. The van der Waals surface area contributed by atoms with Crippen molar-refractivity contribution >= 4 is 29.0 Å². The molecule has 1 unspecified atom stereocenters. The Kier molecular flexibility index (Phi) is 6.84. The van der Waals surface area contributed by atoms with E-state index in [0.29, 0.717) is 13.0 Å². The first-order chi connectivity index (χ1) is 15.1. The fraction of sp³-hybridized carbons (Fsp3) is 0.208. The summed E-state index contributed by atoms with van der Waals surface area (Å²) in [4.78, 5) is 13.9. The van der Waals surface area contributed by atoms with Crippen molar-refractivity contribution in [3.63, 3.8) is 0 Å². The van der Waals surface area contributed by atoms with Gasteiger partial charge in [-0.3, -0.25) is 9.36 Å². The SMILES string of the molecule is Cc1ccc(CNC(=O)C(C)Sc2nnc(Cc3cccs3)n2-c2ccccc2)cc1. The number of nitrogens with one attached hydrogen (secondary N) is 1. The quantitative estimate of drug-likeness (QED) is 0.384. The van der Waals surface area contributed by atoms with E-state index >= 15 is 0 Å². The number of rotatable bonds is 8. The number of aromatic nitrogens is 3. The summed E-state index contributed by atoms with van der Waals surface area (Å²) < 4.78 is 2.05. The van der Waals surface area contributed by atoms with Gasteiger partial charge in [0.25, 0.3) is 0 Å². The zero-order chi connectivity index (χ0) is 21.6. The third-order valence-corrected chi connectivity index (χ3v) is 6.79. The molecule has 1 amide bonds. The van der Waals surface area contributed by atoms with Gasteiger partial charge < -0.3 is 5.32 Å². The Labute approximate surface area is 190 Å². The summed E-state index contributed by atoms with van der Waals surface area (Å²) >= 11 is 3.13. The number of carbonyl (C=O) groups excluding carboxylic acids is 1. The van der Waals surface area contributed by atoms with Crippen molar-refractivity contribution in [2.24, 2.45) is 0 Å². The highest BCUT2D eigenvalue weighted by atomic mass is 32.2. The van der Waals surface area contributed by atoms with Gasteiger partial charge in [-0.25, -0.2) is 0 Å². The maximum absolute atomic E-state index is 12.7. The second kappa shape index (κ2) is 9.94. The fourth-order valence-corrected chi connectivity index (χ4v) is 4.76. The molecule has 1 N–H and O–H groups in total. The Morgan fingerprint density at radius 3 is 2.55 bits per heavy atom. The lowest BCUT2D eigenvalue weighted by molar-refractivity contribution is -0.120. The average molecular weight is 449 g/mol. The van der Waals surface area contributed by atoms with Gasteiger partial charge in [0.2, 0.25) is 5.91 Å². The largest absolute Gasteiger partial charge is 0.351 e. The molecule has 5 nitrogen and oxygen atoms in total. The minimum absolute atomic E-state index is 0.0204. The number of hydrogen-bond donors (Lipinski definition) is 1. The molecule has 2 heterocycles. The minimum Gasteiger partial charge on any atom is -0.351 e. The number of hydrogen-bond acceptors (Lipinski definition) is 5. The zero-order valence-electron chi connectivity index (χ0n) is 17.5. The number of thiophene rings is 1. The second-order valence-electron chi connectivity index (χ2n) is 7.29. The molecule has 1 atom stereocenters. The predicted molar refractivity (Wildman–Crippen MR) is 127 cm³/mol. The van der Waals surface area contributed by atoms with E-state index in [1.165, 1.54) is 22.2 Å². The number of carbonyl (C=O) groups is 1. The van der Waals surface area contributed by atoms with E-state index in [0.717, 1.165) is 22.2 Å². The van der Waals surface area contributed by atoms with Gasteiger partial charge in [0.05, 0.1) is 5.25 Å². The summed E-state index contributed by atoms with van der Waals surface area (Å²) in [6, 6.07) is 22.4. The van der Waals surface area contributed by atoms with Crippen molar-refractivity contribution in [1.29, 1.82) is 0 Å². The molecule has 0 spiro atoms. The van der Waals surface area contributed by atoms with Gasteiger partial charge in [0, 0.05) is 23.5 Å². The summed E-state index contributed by atoms with van der Waals surface area (Å²) in [6.45, 7) is 4.47. The molecule has 0 bridgehead atoms. The molecule has 158 valence electrons. The number of aryl methyl sites for hydroxylation is 1. The van der Waals surface area contributed by atoms with Crippen molar-refractivity contribution in [3.8, 4) is 5.69 Å². The van der Waals surface area contributed by atoms with E-state index in [-0.39, 0.29) is 11.2 Å². The van der Waals surface area contributed by atoms with E-state index in [1.807, 2.05) is 60.0 Å². The summed E-state index contributed by atoms with van der Waals surface area (Å²) in [5.74, 6) is 0.844. The molecule has 0 radical (unpaired) electrons. The lowest BCUT2D eigenvalue weighted by Gasteiger charge is -2.14. The van der Waals surface area contributed by atoms with Crippen molar-refractivity contribution < 1.29 is 4.79 Å². The maximum Gasteiger partial charge on any atom is 0.233 e. The zero-order valence-corrected chi connectivity index (χ0v) is 19.1. The van der Waals surface area contributed by atoms with Crippen LogP contribution in [0.2, 0.25) is 0 Å². The summed E-state index contributed by atoms with van der Waals surface area (Å²) in [5, 5.41) is 14.4. The monoisotopic (exact) mass is 448 g/mol. The van der Waals surface area contributed by atoms with E-state index < -0.39 is 0 Å². The topological polar surface area (TPSA) is 59.8 Å². The van der Waals surface area contributed by atoms with Crippen LogP contribution in [-0.4, -0.2) is 25.9 Å². The standard InChI is InChI=1S/C24H24N4OS2/c1-17-10-12-19(13-11-17)16-25-23(29)18(2)31-24-27-26-22(15-21-9-6-14-30-21)28(24)20-7-4-3-5-8-20/h3-14,18H,15-16H2,1-2H3,(H,25,29). The van der Waals surface area contributed by atoms with Crippen LogP contribution in [0.25, 0.3) is 5.69 Å². The molecule has 0 aliphatic carbocycles. The molecule has 0 saturated carbocycles. The van der Waals surface area contributed by atoms with Gasteiger partial charge in [0.1, 0.15) is 5.82 Å². The first kappa shape index (κ1) is 21.3. The van der Waals surface area contributed by atoms with Crippen LogP contribution in [0.4, 0.5) is 0 Å². The summed E-state index contributed by atoms with van der Waals surface area (Å²) in [5.41, 5.74) is 3.29. The van der Waals surface area contributed by atoms with Gasteiger partial charge in [0.15, 0.2) is 5.16 Å². The highest BCUT2D eigenvalue weighted by molar-refractivity contribution is 8.00. The van der Waals surface area contributed by atoms with Crippen LogP contribution >= 0.6 is 23.1 Å². The number of benzene rings is 2. The molecule has 4 rings (SSSR count). The van der Waals surface area contributed by atoms with Gasteiger partial charge in [-0.15, -0.1) is 21.5 Å². The van der Waals surface area contributed by atoms with Gasteiger partial charge >= 0.3 is 0 Å². The molecule has 0 aliphatic rings. The first-order valence-electron chi connectivity index (χ1n) is 10.1. The Balaban J connectivity index is 1.49. The fourth-order valence-electron chi connectivity index (χ4n) is 3.15. The first-order valence-corrected chi connectivity index (χ1v) is 11.9. The van der Waals surface area contributed by atoms with Gasteiger partial charge in [-0.05, 0) is 43.0 Å². The van der Waals surface area contributed by atoms with E-state index in [2.05, 4.69) is 46.0 Å². The number of amides is 1. The molecule has 4 aromatic rings. The lowest BCUT2D eigenvalue weighted by Crippen LogP contribution is -2.30. The van der Waals surface area contributed by atoms with Gasteiger partial charge in [-0.2, -0.15) is 0 Å². The van der Waals surface area contributed by atoms with Crippen LogP contribution in [0, 0.1) is 6.92 Å². The van der Waals surface area contributed by atoms with Crippen LogP contribution in [0.5, 0.6) is 0 Å². The van der Waals surface area contributed by atoms with Crippen LogP contribution < -0.4 is 5.32 Å². The average Bonchev–Trinajstić information content (AvgIpc) is 3.44. The molecular formula is C24H24N4OS2. The van der Waals surface area contributed by atoms with Crippen molar-refractivity contribution in [2.75, 3.05) is 0 Å². The highest BCUT2D eigenvalue weighted by Gasteiger charge is 2.21. The Bertz CT molecular complexity index is 1120. The van der Waals surface area contributed by atoms with Gasteiger partial charge in [-0.1, -0.05) is 65.9 Å². The number of thioether (sulfide) groups is 1. The number of nitrogens with zero attached hydrogens (tertiary/aromatic N) is 3. The number of para-hydroxylation sites is 1. The molecule has 0 saturated heterocycles. The van der Waals surface area contributed by atoms with Crippen LogP contribution in [0.3, 0.4) is 0 Å². The maximum atomic E-state index is 12.7. The Morgan fingerprint density at radius 2 is 1.84 bits per heavy atom. The molecular weight excluding hydrogens is 424 g/mol. The van der Waals surface area contributed by atoms with Crippen molar-refractivity contribution in [2.45, 2.75) is 37.2 Å². The van der Waals surface area contributed by atoms with E-state index in [9.17, 15) is 4.79 Å². The Morgan fingerprint density at radius 1 is 1.06 bits per heavy atom. The molecule has 0 aliphatic heterocycles. The highest BCUT2D eigenvalue weighted by Crippen LogP contribution is 2.27. The van der Waals surface area contributed by atoms with Crippen LogP contribution in [-0.2, 0) is 17.8 Å². The van der Waals surface area contributed by atoms with Crippen molar-refractivity contribution in [3.05, 3.63) is 93.9 Å². The smallest absolute Gasteiger partial charge is 0.233 e. The molecule has 0 fully saturated rings. The molecule has 2 aromatic carbocycles. The van der Waals surface area contributed by atoms with Crippen LogP contribution in [0.15, 0.2) is 77.3 Å². The van der Waals surface area contributed by atoms with Crippen LogP contribution in [0.1, 0.15) is 28.8 Å². The lowest BCUT2D eigenvalue weighted by atomic mass is 10.1. The summed E-state index contributed by atoms with van der Waals surface area (Å²) in [6.07, 6.45) is 0.703. The second-order valence-corrected chi connectivity index (χ2v) is 9.63.